The van der Waals surface area contributed by atoms with Gasteiger partial charge in [0.1, 0.15) is 0 Å². The van der Waals surface area contributed by atoms with Crippen LogP contribution in [0.2, 0.25) is 5.02 Å². The predicted octanol–water partition coefficient (Wildman–Crippen LogP) is 3.62. The molecule has 2 unspecified atom stereocenters. The van der Waals surface area contributed by atoms with Crippen LogP contribution in [0, 0.1) is 0 Å². The maximum absolute atomic E-state index is 6.39. The smallest absolute Gasteiger partial charge is 0.179 e. The van der Waals surface area contributed by atoms with Crippen molar-refractivity contribution in [1.82, 2.24) is 4.90 Å². The summed E-state index contributed by atoms with van der Waals surface area (Å²) in [5, 5.41) is 0.642. The Morgan fingerprint density at radius 1 is 1.26 bits per heavy atom. The summed E-state index contributed by atoms with van der Waals surface area (Å²) in [6, 6.07) is 4.71. The van der Waals surface area contributed by atoms with E-state index in [0.29, 0.717) is 30.0 Å². The van der Waals surface area contributed by atoms with Crippen molar-refractivity contribution in [1.29, 1.82) is 0 Å². The Morgan fingerprint density at radius 3 is 2.83 bits per heavy atom. The average Bonchev–Trinajstić information content (AvgIpc) is 2.73. The molecular formula is C17H26Cl2N2O2. The maximum Gasteiger partial charge on any atom is 0.179 e. The molecule has 1 saturated heterocycles. The Balaban J connectivity index is 0.00000192. The summed E-state index contributed by atoms with van der Waals surface area (Å²) in [4.78, 5) is 2.48. The highest BCUT2D eigenvalue weighted by Crippen LogP contribution is 2.38. The molecule has 1 aromatic rings. The zero-order chi connectivity index (χ0) is 15.5. The van der Waals surface area contributed by atoms with Crippen LogP contribution < -0.4 is 15.2 Å². The quantitative estimate of drug-likeness (QED) is 0.893. The fourth-order valence-electron chi connectivity index (χ4n) is 3.42. The van der Waals surface area contributed by atoms with E-state index < -0.39 is 0 Å². The van der Waals surface area contributed by atoms with Gasteiger partial charge >= 0.3 is 0 Å². The summed E-state index contributed by atoms with van der Waals surface area (Å²) in [7, 11) is 0. The van der Waals surface area contributed by atoms with Gasteiger partial charge in [-0.3, -0.25) is 4.90 Å². The zero-order valence-electron chi connectivity index (χ0n) is 13.6. The van der Waals surface area contributed by atoms with Gasteiger partial charge < -0.3 is 15.2 Å². The summed E-state index contributed by atoms with van der Waals surface area (Å²) in [5.74, 6) is 1.46. The zero-order valence-corrected chi connectivity index (χ0v) is 15.2. The second-order valence-electron chi connectivity index (χ2n) is 6.35. The SMILES string of the molecule is CC(N)C1CCCCN1Cc1cc(Cl)c2c(c1)OCCCO2.Cl. The van der Waals surface area contributed by atoms with Crippen molar-refractivity contribution in [3.05, 3.63) is 22.7 Å². The molecule has 3 rings (SSSR count). The number of piperidine rings is 1. The number of fused-ring (bicyclic) bond motifs is 1. The highest BCUT2D eigenvalue weighted by molar-refractivity contribution is 6.32. The molecule has 0 bridgehead atoms. The molecule has 0 radical (unpaired) electrons. The van der Waals surface area contributed by atoms with Crippen LogP contribution in [0.25, 0.3) is 0 Å². The summed E-state index contributed by atoms with van der Waals surface area (Å²) < 4.78 is 11.5. The van der Waals surface area contributed by atoms with Crippen LogP contribution in [0.3, 0.4) is 0 Å². The number of ether oxygens (including phenoxy) is 2. The number of benzene rings is 1. The lowest BCUT2D eigenvalue weighted by Gasteiger charge is -2.38. The van der Waals surface area contributed by atoms with E-state index in [9.17, 15) is 0 Å². The van der Waals surface area contributed by atoms with Gasteiger partial charge in [0.25, 0.3) is 0 Å². The van der Waals surface area contributed by atoms with Crippen molar-refractivity contribution in [2.24, 2.45) is 5.73 Å². The molecule has 2 N–H and O–H groups in total. The van der Waals surface area contributed by atoms with Crippen LogP contribution in [0.4, 0.5) is 0 Å². The average molecular weight is 361 g/mol. The van der Waals surface area contributed by atoms with E-state index in [1.54, 1.807) is 0 Å². The standard InChI is InChI=1S/C17H25ClN2O2.ClH/c1-12(19)15-5-2-3-6-20(15)11-13-9-14(18)17-16(10-13)21-7-4-8-22-17;/h9-10,12,15H,2-8,11,19H2,1H3;1H. The van der Waals surface area contributed by atoms with Crippen molar-refractivity contribution < 1.29 is 9.47 Å². The molecule has 6 heteroatoms. The molecule has 2 atom stereocenters. The van der Waals surface area contributed by atoms with Crippen molar-refractivity contribution in [3.63, 3.8) is 0 Å². The van der Waals surface area contributed by atoms with E-state index in [1.807, 2.05) is 6.07 Å². The molecule has 2 heterocycles. The van der Waals surface area contributed by atoms with E-state index in [2.05, 4.69) is 17.9 Å². The molecule has 1 fully saturated rings. The van der Waals surface area contributed by atoms with Crippen LogP contribution in [-0.4, -0.2) is 36.7 Å². The van der Waals surface area contributed by atoms with Gasteiger partial charge in [0.15, 0.2) is 11.5 Å². The fourth-order valence-corrected chi connectivity index (χ4v) is 3.71. The summed E-state index contributed by atoms with van der Waals surface area (Å²) in [5.41, 5.74) is 7.33. The van der Waals surface area contributed by atoms with Crippen LogP contribution >= 0.6 is 24.0 Å². The van der Waals surface area contributed by atoms with Crippen molar-refractivity contribution in [3.8, 4) is 11.5 Å². The Bertz CT molecular complexity index is 526. The van der Waals surface area contributed by atoms with Crippen LogP contribution in [0.15, 0.2) is 12.1 Å². The van der Waals surface area contributed by atoms with Gasteiger partial charge in [-0.1, -0.05) is 18.0 Å². The topological polar surface area (TPSA) is 47.7 Å². The first kappa shape index (κ1) is 18.7. The Labute approximate surface area is 149 Å². The fraction of sp³-hybridized carbons (Fsp3) is 0.647. The molecule has 2 aliphatic heterocycles. The summed E-state index contributed by atoms with van der Waals surface area (Å²) in [6.45, 7) is 5.40. The molecule has 130 valence electrons. The minimum absolute atomic E-state index is 0. The third-order valence-electron chi connectivity index (χ3n) is 4.52. The Morgan fingerprint density at radius 2 is 2.04 bits per heavy atom. The van der Waals surface area contributed by atoms with Crippen LogP contribution in [-0.2, 0) is 6.54 Å². The third-order valence-corrected chi connectivity index (χ3v) is 4.80. The number of halogens is 2. The van der Waals surface area contributed by atoms with Crippen LogP contribution in [0.1, 0.15) is 38.2 Å². The second kappa shape index (κ2) is 8.43. The Hall–Kier alpha value is -0.680. The number of hydrogen-bond acceptors (Lipinski definition) is 4. The summed E-state index contributed by atoms with van der Waals surface area (Å²) in [6.07, 6.45) is 4.57. The van der Waals surface area contributed by atoms with Gasteiger partial charge in [-0.2, -0.15) is 0 Å². The molecule has 23 heavy (non-hydrogen) atoms. The number of nitrogens with zero attached hydrogens (tertiary/aromatic N) is 1. The van der Waals surface area contributed by atoms with E-state index in [-0.39, 0.29) is 18.4 Å². The highest BCUT2D eigenvalue weighted by atomic mass is 35.5. The minimum atomic E-state index is 0. The first-order chi connectivity index (χ1) is 10.6. The predicted molar refractivity (Wildman–Crippen MR) is 96.0 cm³/mol. The number of hydrogen-bond donors (Lipinski definition) is 1. The lowest BCUT2D eigenvalue weighted by atomic mass is 9.96. The molecule has 4 nitrogen and oxygen atoms in total. The highest BCUT2D eigenvalue weighted by Gasteiger charge is 2.26. The third kappa shape index (κ3) is 4.44. The van der Waals surface area contributed by atoms with E-state index in [0.717, 1.165) is 25.3 Å². The van der Waals surface area contributed by atoms with E-state index in [1.165, 1.54) is 24.8 Å². The molecule has 0 aliphatic carbocycles. The molecular weight excluding hydrogens is 335 g/mol. The molecule has 0 spiro atoms. The summed E-state index contributed by atoms with van der Waals surface area (Å²) >= 11 is 6.39. The van der Waals surface area contributed by atoms with Gasteiger partial charge in [-0.25, -0.2) is 0 Å². The Kier molecular flexibility index (Phi) is 6.84. The second-order valence-corrected chi connectivity index (χ2v) is 6.76. The van der Waals surface area contributed by atoms with E-state index in [4.69, 9.17) is 26.8 Å². The molecule has 0 aromatic heterocycles. The van der Waals surface area contributed by atoms with Crippen molar-refractivity contribution in [2.45, 2.75) is 51.2 Å². The van der Waals surface area contributed by atoms with E-state index >= 15 is 0 Å². The first-order valence-electron chi connectivity index (χ1n) is 8.23. The minimum Gasteiger partial charge on any atom is -0.489 e. The number of rotatable bonds is 3. The monoisotopic (exact) mass is 360 g/mol. The van der Waals surface area contributed by atoms with Crippen molar-refractivity contribution in [2.75, 3.05) is 19.8 Å². The number of likely N-dealkylation sites (tertiary alicyclic amines) is 1. The van der Waals surface area contributed by atoms with Gasteiger partial charge in [0, 0.05) is 25.0 Å². The molecule has 0 saturated carbocycles. The van der Waals surface area contributed by atoms with Crippen LogP contribution in [0.5, 0.6) is 11.5 Å². The first-order valence-corrected chi connectivity index (χ1v) is 8.60. The largest absolute Gasteiger partial charge is 0.489 e. The molecule has 1 aromatic carbocycles. The lowest BCUT2D eigenvalue weighted by Crippen LogP contribution is -2.48. The maximum atomic E-state index is 6.39. The van der Waals surface area contributed by atoms with Crippen molar-refractivity contribution >= 4 is 24.0 Å². The molecule has 0 amide bonds. The number of nitrogens with two attached hydrogens (primary N) is 1. The van der Waals surface area contributed by atoms with Gasteiger partial charge in [0.2, 0.25) is 0 Å². The van der Waals surface area contributed by atoms with Gasteiger partial charge in [-0.05, 0) is 44.0 Å². The van der Waals surface area contributed by atoms with Gasteiger partial charge in [0.05, 0.1) is 18.2 Å². The molecule has 2 aliphatic rings. The lowest BCUT2D eigenvalue weighted by molar-refractivity contribution is 0.123. The van der Waals surface area contributed by atoms with Gasteiger partial charge in [-0.15, -0.1) is 12.4 Å². The normalized spacial score (nSPS) is 22.8.